The van der Waals surface area contributed by atoms with E-state index >= 15 is 0 Å². The van der Waals surface area contributed by atoms with Gasteiger partial charge in [-0.05, 0) is 37.7 Å². The molecule has 0 fully saturated rings. The van der Waals surface area contributed by atoms with E-state index in [4.69, 9.17) is 10.5 Å². The summed E-state index contributed by atoms with van der Waals surface area (Å²) in [6.07, 6.45) is -3.79. The summed E-state index contributed by atoms with van der Waals surface area (Å²) >= 11 is 0. The maximum atomic E-state index is 12.1. The third kappa shape index (κ3) is 10.5. The molecule has 0 saturated heterocycles. The van der Waals surface area contributed by atoms with Crippen molar-refractivity contribution in [1.29, 1.82) is 0 Å². The Kier molecular flexibility index (Phi) is 9.07. The number of halogens is 3. The van der Waals surface area contributed by atoms with E-state index in [1.807, 2.05) is 7.05 Å². The van der Waals surface area contributed by atoms with E-state index in [0.717, 1.165) is 25.1 Å². The molecule has 0 aliphatic heterocycles. The van der Waals surface area contributed by atoms with E-state index in [2.05, 4.69) is 19.9 Å². The first-order chi connectivity index (χ1) is 11.8. The Labute approximate surface area is 145 Å². The highest BCUT2D eigenvalue weighted by atomic mass is 19.4. The number of nitrogens with one attached hydrogen (secondary N) is 1. The molecule has 0 aliphatic carbocycles. The molecule has 0 heterocycles. The third-order valence-corrected chi connectivity index (χ3v) is 3.29. The molecule has 0 unspecified atom stereocenters. The van der Waals surface area contributed by atoms with Crippen LogP contribution in [-0.2, 0) is 11.3 Å². The first-order valence-corrected chi connectivity index (χ1v) is 7.86. The molecule has 0 saturated carbocycles. The van der Waals surface area contributed by atoms with Crippen LogP contribution in [0.15, 0.2) is 29.3 Å². The Balaban J connectivity index is 2.28. The molecule has 1 aromatic carbocycles. The Morgan fingerprint density at radius 1 is 1.24 bits per heavy atom. The van der Waals surface area contributed by atoms with Crippen molar-refractivity contribution < 1.29 is 22.6 Å². The lowest BCUT2D eigenvalue weighted by atomic mass is 10.2. The second-order valence-electron chi connectivity index (χ2n) is 5.47. The fourth-order valence-electron chi connectivity index (χ4n) is 1.95. The zero-order valence-electron chi connectivity index (χ0n) is 14.5. The SMILES string of the molecule is COCCN(C)CCCNC(N)=NCc1ccc(OC(F)(F)F)cc1. The molecular formula is C16H25F3N4O2. The molecule has 6 nitrogen and oxygen atoms in total. The molecule has 0 amide bonds. The van der Waals surface area contributed by atoms with Crippen LogP contribution in [0.2, 0.25) is 0 Å². The van der Waals surface area contributed by atoms with Gasteiger partial charge in [0.15, 0.2) is 5.96 Å². The van der Waals surface area contributed by atoms with Crippen molar-refractivity contribution in [2.24, 2.45) is 10.7 Å². The molecule has 9 heteroatoms. The molecule has 1 rings (SSSR count). The first kappa shape index (κ1) is 21.0. The standard InChI is InChI=1S/C16H25F3N4O2/c1-23(10-11-24-2)9-3-8-21-15(20)22-12-13-4-6-14(7-5-13)25-16(17,18)19/h4-7H,3,8-12H2,1-2H3,(H3,20,21,22). The number of rotatable bonds is 10. The van der Waals surface area contributed by atoms with E-state index in [1.165, 1.54) is 24.3 Å². The van der Waals surface area contributed by atoms with E-state index in [1.54, 1.807) is 7.11 Å². The largest absolute Gasteiger partial charge is 0.573 e. The van der Waals surface area contributed by atoms with Gasteiger partial charge in [-0.3, -0.25) is 0 Å². The monoisotopic (exact) mass is 362 g/mol. The highest BCUT2D eigenvalue weighted by Gasteiger charge is 2.30. The molecule has 1 aromatic rings. The van der Waals surface area contributed by atoms with Gasteiger partial charge in [-0.15, -0.1) is 13.2 Å². The molecule has 25 heavy (non-hydrogen) atoms. The molecule has 0 spiro atoms. The lowest BCUT2D eigenvalue weighted by Gasteiger charge is -2.15. The summed E-state index contributed by atoms with van der Waals surface area (Å²) in [5, 5.41) is 3.00. The summed E-state index contributed by atoms with van der Waals surface area (Å²) in [5.41, 5.74) is 6.50. The topological polar surface area (TPSA) is 72.1 Å². The number of methoxy groups -OCH3 is 1. The number of hydrogen-bond acceptors (Lipinski definition) is 4. The number of hydrogen-bond donors (Lipinski definition) is 2. The number of aliphatic imine (C=N–C) groups is 1. The lowest BCUT2D eigenvalue weighted by Crippen LogP contribution is -2.34. The molecule has 0 bridgehead atoms. The normalized spacial score (nSPS) is 12.5. The van der Waals surface area contributed by atoms with Gasteiger partial charge in [0, 0.05) is 20.2 Å². The van der Waals surface area contributed by atoms with Crippen molar-refractivity contribution in [3.05, 3.63) is 29.8 Å². The predicted molar refractivity (Wildman–Crippen MR) is 90.4 cm³/mol. The van der Waals surface area contributed by atoms with Gasteiger partial charge < -0.3 is 25.4 Å². The van der Waals surface area contributed by atoms with Crippen LogP contribution in [0.4, 0.5) is 13.2 Å². The number of likely N-dealkylation sites (N-methyl/N-ethyl adjacent to an activating group) is 1. The number of benzene rings is 1. The number of alkyl halides is 3. The Hall–Kier alpha value is -2.00. The van der Waals surface area contributed by atoms with Crippen LogP contribution in [-0.4, -0.2) is 57.6 Å². The van der Waals surface area contributed by atoms with E-state index in [9.17, 15) is 13.2 Å². The van der Waals surface area contributed by atoms with Crippen molar-refractivity contribution in [1.82, 2.24) is 10.2 Å². The van der Waals surface area contributed by atoms with Gasteiger partial charge in [0.05, 0.1) is 13.2 Å². The average Bonchev–Trinajstić information content (AvgIpc) is 2.55. The summed E-state index contributed by atoms with van der Waals surface area (Å²) in [4.78, 5) is 6.31. The second-order valence-corrected chi connectivity index (χ2v) is 5.47. The fraction of sp³-hybridized carbons (Fsp3) is 0.562. The fourth-order valence-corrected chi connectivity index (χ4v) is 1.95. The average molecular weight is 362 g/mol. The summed E-state index contributed by atoms with van der Waals surface area (Å²) in [7, 11) is 3.69. The van der Waals surface area contributed by atoms with Crippen LogP contribution in [0, 0.1) is 0 Å². The van der Waals surface area contributed by atoms with Gasteiger partial charge in [-0.1, -0.05) is 12.1 Å². The number of guanidine groups is 1. The summed E-state index contributed by atoms with van der Waals surface area (Å²) in [5.74, 6) is 0.0408. The van der Waals surface area contributed by atoms with Crippen LogP contribution in [0.1, 0.15) is 12.0 Å². The summed E-state index contributed by atoms with van der Waals surface area (Å²) in [6.45, 7) is 3.43. The minimum absolute atomic E-state index is 0.260. The highest BCUT2D eigenvalue weighted by molar-refractivity contribution is 5.77. The zero-order valence-corrected chi connectivity index (χ0v) is 14.5. The van der Waals surface area contributed by atoms with Gasteiger partial charge in [0.2, 0.25) is 0 Å². The summed E-state index contributed by atoms with van der Waals surface area (Å²) in [6, 6.07) is 5.53. The molecule has 0 aliphatic rings. The van der Waals surface area contributed by atoms with Crippen molar-refractivity contribution in [3.8, 4) is 5.75 Å². The molecule has 3 N–H and O–H groups in total. The van der Waals surface area contributed by atoms with Gasteiger partial charge in [-0.2, -0.15) is 0 Å². The second kappa shape index (κ2) is 10.8. The Bertz CT molecular complexity index is 521. The van der Waals surface area contributed by atoms with Gasteiger partial charge in [-0.25, -0.2) is 4.99 Å². The maximum Gasteiger partial charge on any atom is 0.573 e. The molecule has 0 aromatic heterocycles. The highest BCUT2D eigenvalue weighted by Crippen LogP contribution is 2.22. The third-order valence-electron chi connectivity index (χ3n) is 3.29. The number of nitrogens with zero attached hydrogens (tertiary/aromatic N) is 2. The van der Waals surface area contributed by atoms with Crippen molar-refractivity contribution in [2.75, 3.05) is 40.4 Å². The Morgan fingerprint density at radius 2 is 1.92 bits per heavy atom. The Morgan fingerprint density at radius 3 is 2.52 bits per heavy atom. The lowest BCUT2D eigenvalue weighted by molar-refractivity contribution is -0.274. The quantitative estimate of drug-likeness (QED) is 0.378. The van der Waals surface area contributed by atoms with E-state index in [-0.39, 0.29) is 12.3 Å². The van der Waals surface area contributed by atoms with Crippen LogP contribution < -0.4 is 15.8 Å². The minimum atomic E-state index is -4.69. The van der Waals surface area contributed by atoms with Gasteiger partial charge >= 0.3 is 6.36 Å². The molecule has 142 valence electrons. The van der Waals surface area contributed by atoms with E-state index < -0.39 is 6.36 Å². The van der Waals surface area contributed by atoms with Gasteiger partial charge in [0.25, 0.3) is 0 Å². The predicted octanol–water partition coefficient (Wildman–Crippen LogP) is 1.96. The van der Waals surface area contributed by atoms with Crippen LogP contribution in [0.5, 0.6) is 5.75 Å². The number of ether oxygens (including phenoxy) is 2. The van der Waals surface area contributed by atoms with Gasteiger partial charge in [0.1, 0.15) is 5.75 Å². The number of nitrogens with two attached hydrogens (primary N) is 1. The molecular weight excluding hydrogens is 337 g/mol. The smallest absolute Gasteiger partial charge is 0.406 e. The molecule has 0 radical (unpaired) electrons. The molecule has 0 atom stereocenters. The van der Waals surface area contributed by atoms with Crippen LogP contribution in [0.25, 0.3) is 0 Å². The van der Waals surface area contributed by atoms with Crippen molar-refractivity contribution in [3.63, 3.8) is 0 Å². The summed E-state index contributed by atoms with van der Waals surface area (Å²) < 4.78 is 45.0. The van der Waals surface area contributed by atoms with E-state index in [0.29, 0.717) is 19.1 Å². The first-order valence-electron chi connectivity index (χ1n) is 7.86. The minimum Gasteiger partial charge on any atom is -0.406 e. The zero-order chi connectivity index (χ0) is 18.7. The van der Waals surface area contributed by atoms with Crippen LogP contribution >= 0.6 is 0 Å². The maximum absolute atomic E-state index is 12.1. The van der Waals surface area contributed by atoms with Crippen LogP contribution in [0.3, 0.4) is 0 Å². The van der Waals surface area contributed by atoms with Crippen molar-refractivity contribution in [2.45, 2.75) is 19.3 Å². The van der Waals surface area contributed by atoms with Crippen molar-refractivity contribution >= 4 is 5.96 Å².